The Bertz CT molecular complexity index is 274. The van der Waals surface area contributed by atoms with E-state index in [1.807, 2.05) is 0 Å². The van der Waals surface area contributed by atoms with E-state index in [-0.39, 0.29) is 18.3 Å². The van der Waals surface area contributed by atoms with Crippen LogP contribution in [0.4, 0.5) is 0 Å². The molecule has 0 aromatic carbocycles. The number of hydrogen-bond donors (Lipinski definition) is 1. The number of ether oxygens (including phenoxy) is 1. The molecule has 0 aromatic heterocycles. The third-order valence-corrected chi connectivity index (χ3v) is 2.52. The quantitative estimate of drug-likeness (QED) is 0.438. The highest BCUT2D eigenvalue weighted by atomic mass is 16.5. The predicted molar refractivity (Wildman–Crippen MR) is 54.3 cm³/mol. The lowest BCUT2D eigenvalue weighted by Crippen LogP contribution is -2.13. The molecular weight excluding hydrogens is 196 g/mol. The van der Waals surface area contributed by atoms with Crippen LogP contribution in [0.25, 0.3) is 0 Å². The zero-order chi connectivity index (χ0) is 11.3. The van der Waals surface area contributed by atoms with Crippen molar-refractivity contribution in [2.45, 2.75) is 32.6 Å². The maximum absolute atomic E-state index is 11.5. The van der Waals surface area contributed by atoms with Crippen LogP contribution >= 0.6 is 0 Å². The average molecular weight is 212 g/mol. The summed E-state index contributed by atoms with van der Waals surface area (Å²) < 4.78 is 4.56. The van der Waals surface area contributed by atoms with Crippen molar-refractivity contribution in [3.05, 3.63) is 11.8 Å². The van der Waals surface area contributed by atoms with Crippen molar-refractivity contribution in [2.75, 3.05) is 6.61 Å². The summed E-state index contributed by atoms with van der Waals surface area (Å²) in [5, 5.41) is 9.25. The molecule has 0 heterocycles. The molecule has 1 N–H and O–H groups in total. The van der Waals surface area contributed by atoms with Crippen molar-refractivity contribution in [3.8, 4) is 0 Å². The van der Waals surface area contributed by atoms with E-state index < -0.39 is 11.7 Å². The molecule has 4 nitrogen and oxygen atoms in total. The number of hydrogen-bond acceptors (Lipinski definition) is 4. The van der Waals surface area contributed by atoms with Gasteiger partial charge in [0, 0.05) is 12.0 Å². The molecule has 1 saturated carbocycles. The minimum Gasteiger partial charge on any atom is -0.502 e. The average Bonchev–Trinajstić information content (AvgIpc) is 2.70. The number of rotatable bonds is 4. The molecule has 1 aliphatic rings. The summed E-state index contributed by atoms with van der Waals surface area (Å²) in [6.07, 6.45) is 4.79. The molecule has 0 radical (unpaired) electrons. The van der Waals surface area contributed by atoms with Gasteiger partial charge in [-0.05, 0) is 19.8 Å². The number of allylic oxidation sites excluding steroid dienone is 1. The molecule has 4 heteroatoms. The van der Waals surface area contributed by atoms with Gasteiger partial charge in [0.05, 0.1) is 6.61 Å². The minimum absolute atomic E-state index is 0.0263. The molecule has 84 valence electrons. The Balaban J connectivity index is 2.53. The molecule has 0 aliphatic heterocycles. The Morgan fingerprint density at radius 2 is 2.00 bits per heavy atom. The summed E-state index contributed by atoms with van der Waals surface area (Å²) in [6, 6.07) is 0. The molecule has 0 spiro atoms. The van der Waals surface area contributed by atoms with Gasteiger partial charge < -0.3 is 9.84 Å². The third kappa shape index (κ3) is 3.38. The van der Waals surface area contributed by atoms with E-state index >= 15 is 0 Å². The number of carbonyl (C=O) groups is 2. The fraction of sp³-hybridized carbons (Fsp3) is 0.636. The summed E-state index contributed by atoms with van der Waals surface area (Å²) in [5.74, 6) is -1.61. The molecule has 0 aromatic rings. The van der Waals surface area contributed by atoms with Gasteiger partial charge in [-0.1, -0.05) is 12.8 Å². The van der Waals surface area contributed by atoms with Crippen molar-refractivity contribution in [1.29, 1.82) is 0 Å². The third-order valence-electron chi connectivity index (χ3n) is 2.52. The lowest BCUT2D eigenvalue weighted by atomic mass is 10.0. The van der Waals surface area contributed by atoms with Gasteiger partial charge in [-0.3, -0.25) is 4.79 Å². The van der Waals surface area contributed by atoms with Gasteiger partial charge in [-0.15, -0.1) is 0 Å². The summed E-state index contributed by atoms with van der Waals surface area (Å²) in [7, 11) is 0. The Morgan fingerprint density at radius 3 is 2.53 bits per heavy atom. The smallest absolute Gasteiger partial charge is 0.373 e. The van der Waals surface area contributed by atoms with Crippen LogP contribution in [0.1, 0.15) is 32.6 Å². The number of ketones is 1. The van der Waals surface area contributed by atoms with Crippen molar-refractivity contribution >= 4 is 11.8 Å². The van der Waals surface area contributed by atoms with Gasteiger partial charge in [-0.2, -0.15) is 0 Å². The Kier molecular flexibility index (Phi) is 4.34. The van der Waals surface area contributed by atoms with Crippen molar-refractivity contribution in [3.63, 3.8) is 0 Å². The van der Waals surface area contributed by atoms with Crippen LogP contribution in [-0.2, 0) is 14.3 Å². The maximum Gasteiger partial charge on any atom is 0.373 e. The zero-order valence-electron chi connectivity index (χ0n) is 8.86. The van der Waals surface area contributed by atoms with Crippen LogP contribution in [0.2, 0.25) is 0 Å². The van der Waals surface area contributed by atoms with Crippen LogP contribution in [0.15, 0.2) is 11.8 Å². The van der Waals surface area contributed by atoms with Crippen LogP contribution in [0, 0.1) is 5.92 Å². The van der Waals surface area contributed by atoms with E-state index in [1.165, 1.54) is 0 Å². The summed E-state index contributed by atoms with van der Waals surface area (Å²) in [5.41, 5.74) is 0. The molecule has 0 unspecified atom stereocenters. The van der Waals surface area contributed by atoms with E-state index in [0.29, 0.717) is 0 Å². The van der Waals surface area contributed by atoms with Gasteiger partial charge in [0.1, 0.15) is 0 Å². The monoisotopic (exact) mass is 212 g/mol. The molecular formula is C11H16O4. The van der Waals surface area contributed by atoms with Crippen molar-refractivity contribution < 1.29 is 19.4 Å². The first-order valence-corrected chi connectivity index (χ1v) is 5.26. The molecule has 15 heavy (non-hydrogen) atoms. The van der Waals surface area contributed by atoms with Gasteiger partial charge in [0.2, 0.25) is 5.76 Å². The first-order chi connectivity index (χ1) is 7.15. The van der Waals surface area contributed by atoms with Crippen LogP contribution < -0.4 is 0 Å². The fourth-order valence-corrected chi connectivity index (χ4v) is 1.73. The maximum atomic E-state index is 11.5. The van der Waals surface area contributed by atoms with E-state index in [2.05, 4.69) is 4.74 Å². The second-order valence-corrected chi connectivity index (χ2v) is 3.63. The van der Waals surface area contributed by atoms with Crippen molar-refractivity contribution in [2.24, 2.45) is 5.92 Å². The van der Waals surface area contributed by atoms with E-state index in [0.717, 1.165) is 31.8 Å². The van der Waals surface area contributed by atoms with Gasteiger partial charge >= 0.3 is 5.97 Å². The van der Waals surface area contributed by atoms with E-state index in [9.17, 15) is 14.7 Å². The Labute approximate surface area is 88.9 Å². The summed E-state index contributed by atoms with van der Waals surface area (Å²) in [6.45, 7) is 1.83. The highest BCUT2D eigenvalue weighted by molar-refractivity contribution is 5.99. The predicted octanol–water partition coefficient (Wildman–Crippen LogP) is 1.75. The van der Waals surface area contributed by atoms with Gasteiger partial charge in [-0.25, -0.2) is 4.79 Å². The van der Waals surface area contributed by atoms with E-state index in [1.54, 1.807) is 6.92 Å². The number of aliphatic hydroxyl groups is 1. The molecule has 0 saturated heterocycles. The topological polar surface area (TPSA) is 63.6 Å². The molecule has 1 fully saturated rings. The molecule has 1 rings (SSSR count). The van der Waals surface area contributed by atoms with Crippen LogP contribution in [-0.4, -0.2) is 23.5 Å². The lowest BCUT2D eigenvalue weighted by molar-refractivity contribution is -0.141. The molecule has 0 amide bonds. The largest absolute Gasteiger partial charge is 0.502 e. The van der Waals surface area contributed by atoms with Crippen LogP contribution in [0.3, 0.4) is 0 Å². The highest BCUT2D eigenvalue weighted by Gasteiger charge is 2.22. The first-order valence-electron chi connectivity index (χ1n) is 5.26. The fourth-order valence-electron chi connectivity index (χ4n) is 1.73. The van der Waals surface area contributed by atoms with Crippen molar-refractivity contribution in [1.82, 2.24) is 0 Å². The standard InChI is InChI=1S/C11H16O4/c1-2-15-11(14)10(13)7-9(12)8-5-3-4-6-8/h7-8,13H,2-6H2,1H3. The first kappa shape index (κ1) is 11.8. The lowest BCUT2D eigenvalue weighted by Gasteiger charge is -2.04. The summed E-state index contributed by atoms with van der Waals surface area (Å²) >= 11 is 0. The Morgan fingerprint density at radius 1 is 1.40 bits per heavy atom. The minimum atomic E-state index is -0.830. The molecule has 0 bridgehead atoms. The number of aliphatic hydroxyl groups excluding tert-OH is 1. The normalized spacial score (nSPS) is 17.8. The molecule has 1 aliphatic carbocycles. The second kappa shape index (κ2) is 5.53. The zero-order valence-corrected chi connectivity index (χ0v) is 8.86. The summed E-state index contributed by atoms with van der Waals surface area (Å²) in [4.78, 5) is 22.5. The van der Waals surface area contributed by atoms with Gasteiger partial charge in [0.15, 0.2) is 5.78 Å². The highest BCUT2D eigenvalue weighted by Crippen LogP contribution is 2.25. The van der Waals surface area contributed by atoms with Gasteiger partial charge in [0.25, 0.3) is 0 Å². The number of esters is 1. The van der Waals surface area contributed by atoms with Crippen LogP contribution in [0.5, 0.6) is 0 Å². The Hall–Kier alpha value is -1.32. The number of carbonyl (C=O) groups excluding carboxylic acids is 2. The molecule has 0 atom stereocenters. The SMILES string of the molecule is CCOC(=O)C(O)=CC(=O)C1CCCC1. The van der Waals surface area contributed by atoms with E-state index in [4.69, 9.17) is 0 Å². The second-order valence-electron chi connectivity index (χ2n) is 3.63.